The number of piperidine rings is 1. The van der Waals surface area contributed by atoms with E-state index in [1.54, 1.807) is 55.4 Å². The molecule has 1 aliphatic heterocycles. The molecule has 11 heteroatoms. The second-order valence-corrected chi connectivity index (χ2v) is 11.6. The van der Waals surface area contributed by atoms with Crippen LogP contribution in [0, 0.1) is 12.8 Å². The molecular weight excluding hydrogens is 571 g/mol. The number of halogens is 2. The molecule has 1 saturated carbocycles. The first-order valence-corrected chi connectivity index (χ1v) is 14.5. The number of carbonyl (C=O) groups is 3. The van der Waals surface area contributed by atoms with Crippen LogP contribution in [-0.2, 0) is 16.1 Å². The van der Waals surface area contributed by atoms with E-state index in [0.717, 1.165) is 17.5 Å². The number of aromatic nitrogens is 4. The van der Waals surface area contributed by atoms with Crippen molar-refractivity contribution >= 4 is 45.7 Å². The maximum atomic E-state index is 15.0. The number of nitrogens with one attached hydrogen (secondary N) is 1. The molecule has 9 nitrogen and oxygen atoms in total. The molecule has 2 aromatic heterocycles. The molecule has 220 valence electrons. The monoisotopic (exact) mass is 600 g/mol. The van der Waals surface area contributed by atoms with E-state index in [9.17, 15) is 18.8 Å². The van der Waals surface area contributed by atoms with E-state index >= 15 is 0 Å². The standard InChI is InChI=1S/C32H30ClFN6O3/c1-17(20-5-4-6-24(33)9-20)26(34)15-37-32(43)29-12-22-11-28(22)40(29)30(42)16-39-27-8-7-21(23-13-35-19(3)36-14-23)10-25(27)31(38-39)18(2)41/h4-10,13-14,22,28-29H,11-12,15-16H2,1-3H3,(H,37,43)/b26-17+/t22-,28-,29+/m1/s1. The summed E-state index contributed by atoms with van der Waals surface area (Å²) in [6.07, 6.45) is 4.80. The Balaban J connectivity index is 1.20. The van der Waals surface area contributed by atoms with Crippen LogP contribution in [0.25, 0.3) is 27.6 Å². The first kappa shape index (κ1) is 28.7. The number of benzene rings is 2. The first-order chi connectivity index (χ1) is 20.6. The lowest BCUT2D eigenvalue weighted by atomic mass is 10.0. The summed E-state index contributed by atoms with van der Waals surface area (Å²) in [6, 6.07) is 11.7. The van der Waals surface area contributed by atoms with Gasteiger partial charge >= 0.3 is 0 Å². The number of Topliss-reactive ketones (excluding diaryl/α,β-unsaturated/α-hetero) is 1. The number of rotatable bonds is 8. The summed E-state index contributed by atoms with van der Waals surface area (Å²) < 4.78 is 16.5. The minimum Gasteiger partial charge on any atom is -0.348 e. The van der Waals surface area contributed by atoms with Gasteiger partial charge in [-0.25, -0.2) is 14.4 Å². The normalized spacial score (nSPS) is 19.7. The number of allylic oxidation sites excluding steroid dienone is 1. The van der Waals surface area contributed by atoms with Gasteiger partial charge in [0.25, 0.3) is 0 Å². The second-order valence-electron chi connectivity index (χ2n) is 11.2. The summed E-state index contributed by atoms with van der Waals surface area (Å²) in [6.45, 7) is 4.46. The third-order valence-electron chi connectivity index (χ3n) is 8.26. The Morgan fingerprint density at radius 3 is 2.53 bits per heavy atom. The van der Waals surface area contributed by atoms with Gasteiger partial charge in [0, 0.05) is 41.3 Å². The van der Waals surface area contributed by atoms with E-state index in [2.05, 4.69) is 20.4 Å². The molecule has 3 atom stereocenters. The number of amides is 2. The smallest absolute Gasteiger partial charge is 0.245 e. The number of aryl methyl sites for hydroxylation is 1. The van der Waals surface area contributed by atoms with Gasteiger partial charge in [-0.2, -0.15) is 5.10 Å². The van der Waals surface area contributed by atoms with Gasteiger partial charge in [-0.1, -0.05) is 29.8 Å². The van der Waals surface area contributed by atoms with Crippen molar-refractivity contribution in [3.8, 4) is 11.1 Å². The quantitative estimate of drug-likeness (QED) is 0.280. The van der Waals surface area contributed by atoms with Crippen molar-refractivity contribution in [3.63, 3.8) is 0 Å². The molecule has 2 amide bonds. The molecule has 2 aromatic carbocycles. The Labute approximate surface area is 252 Å². The van der Waals surface area contributed by atoms with E-state index in [4.69, 9.17) is 11.6 Å². The summed E-state index contributed by atoms with van der Waals surface area (Å²) in [5.74, 6) is -0.470. The molecule has 0 unspecified atom stereocenters. The van der Waals surface area contributed by atoms with Crippen LogP contribution >= 0.6 is 11.6 Å². The second kappa shape index (κ2) is 11.3. The van der Waals surface area contributed by atoms with E-state index in [-0.39, 0.29) is 42.4 Å². The van der Waals surface area contributed by atoms with Crippen molar-refractivity contribution in [3.05, 3.63) is 82.8 Å². The minimum absolute atomic E-state index is 0.0286. The lowest BCUT2D eigenvalue weighted by molar-refractivity contribution is -0.140. The van der Waals surface area contributed by atoms with Crippen molar-refractivity contribution in [2.45, 2.75) is 52.2 Å². The van der Waals surface area contributed by atoms with Crippen LogP contribution in [0.5, 0.6) is 0 Å². The summed E-state index contributed by atoms with van der Waals surface area (Å²) in [5, 5.41) is 8.29. The van der Waals surface area contributed by atoms with Crippen LogP contribution in [0.4, 0.5) is 4.39 Å². The van der Waals surface area contributed by atoms with Gasteiger partial charge in [-0.3, -0.25) is 19.1 Å². The average molecular weight is 601 g/mol. The number of ketones is 1. The topological polar surface area (TPSA) is 110 Å². The van der Waals surface area contributed by atoms with Gasteiger partial charge in [0.05, 0.1) is 12.1 Å². The molecule has 43 heavy (non-hydrogen) atoms. The van der Waals surface area contributed by atoms with Crippen LogP contribution in [0.15, 0.2) is 60.7 Å². The van der Waals surface area contributed by atoms with Crippen LogP contribution in [0.2, 0.25) is 5.02 Å². The summed E-state index contributed by atoms with van der Waals surface area (Å²) in [4.78, 5) is 49.5. The Morgan fingerprint density at radius 1 is 1.05 bits per heavy atom. The summed E-state index contributed by atoms with van der Waals surface area (Å²) in [5.41, 5.74) is 3.53. The van der Waals surface area contributed by atoms with Crippen molar-refractivity contribution in [1.82, 2.24) is 30.0 Å². The highest BCUT2D eigenvalue weighted by molar-refractivity contribution is 6.30. The molecule has 0 spiro atoms. The lowest BCUT2D eigenvalue weighted by Crippen LogP contribution is -2.49. The van der Waals surface area contributed by atoms with Crippen molar-refractivity contribution in [1.29, 1.82) is 0 Å². The lowest BCUT2D eigenvalue weighted by Gasteiger charge is -2.27. The number of hydrogen-bond acceptors (Lipinski definition) is 6. The largest absolute Gasteiger partial charge is 0.348 e. The van der Waals surface area contributed by atoms with Crippen molar-refractivity contribution < 1.29 is 18.8 Å². The number of nitrogens with zero attached hydrogens (tertiary/aromatic N) is 5. The third kappa shape index (κ3) is 5.67. The fraction of sp³-hybridized carbons (Fsp3) is 0.312. The minimum atomic E-state index is -0.697. The van der Waals surface area contributed by atoms with E-state index in [1.807, 2.05) is 18.2 Å². The van der Waals surface area contributed by atoms with E-state index in [1.165, 1.54) is 11.6 Å². The third-order valence-corrected chi connectivity index (χ3v) is 8.50. The Kier molecular flexibility index (Phi) is 7.56. The first-order valence-electron chi connectivity index (χ1n) is 14.1. The highest BCUT2D eigenvalue weighted by Gasteiger charge is 2.56. The van der Waals surface area contributed by atoms with Gasteiger partial charge in [-0.05, 0) is 73.6 Å². The molecule has 4 aromatic rings. The van der Waals surface area contributed by atoms with Gasteiger partial charge in [0.15, 0.2) is 5.78 Å². The molecule has 1 N–H and O–H groups in total. The molecule has 2 aliphatic rings. The number of hydrogen-bond donors (Lipinski definition) is 1. The SMILES string of the molecule is CC(=O)c1nn(CC(=O)N2[C@@H]3C[C@@H]3C[C@H]2C(=O)NC/C(F)=C(/C)c2cccc(Cl)c2)c2ccc(-c3cnc(C)nc3)cc12. The van der Waals surface area contributed by atoms with Gasteiger partial charge < -0.3 is 10.2 Å². The van der Waals surface area contributed by atoms with Gasteiger partial charge in [0.2, 0.25) is 11.8 Å². The zero-order valence-electron chi connectivity index (χ0n) is 24.0. The zero-order chi connectivity index (χ0) is 30.4. The molecule has 1 aliphatic carbocycles. The van der Waals surface area contributed by atoms with E-state index in [0.29, 0.717) is 39.3 Å². The summed E-state index contributed by atoms with van der Waals surface area (Å²) >= 11 is 6.03. The number of likely N-dealkylation sites (tertiary alicyclic amines) is 1. The van der Waals surface area contributed by atoms with Crippen molar-refractivity contribution in [2.75, 3.05) is 6.54 Å². The molecule has 6 rings (SSSR count). The molecule has 0 bridgehead atoms. The van der Waals surface area contributed by atoms with Crippen LogP contribution in [0.3, 0.4) is 0 Å². The maximum Gasteiger partial charge on any atom is 0.245 e. The Hall–Kier alpha value is -4.44. The average Bonchev–Trinajstić information content (AvgIpc) is 3.50. The zero-order valence-corrected chi connectivity index (χ0v) is 24.7. The molecule has 1 saturated heterocycles. The Bertz CT molecular complexity index is 1800. The predicted octanol–water partition coefficient (Wildman–Crippen LogP) is 5.16. The van der Waals surface area contributed by atoms with E-state index < -0.39 is 17.8 Å². The summed E-state index contributed by atoms with van der Waals surface area (Å²) in [7, 11) is 0. The fourth-order valence-electron chi connectivity index (χ4n) is 5.83. The highest BCUT2D eigenvalue weighted by Crippen LogP contribution is 2.48. The Morgan fingerprint density at radius 2 is 1.81 bits per heavy atom. The maximum absolute atomic E-state index is 15.0. The predicted molar refractivity (Wildman–Crippen MR) is 161 cm³/mol. The molecular formula is C32H30ClFN6O3. The molecule has 3 heterocycles. The van der Waals surface area contributed by atoms with Crippen LogP contribution in [0.1, 0.15) is 48.6 Å². The van der Waals surface area contributed by atoms with Gasteiger partial charge in [-0.15, -0.1) is 0 Å². The van der Waals surface area contributed by atoms with Crippen molar-refractivity contribution in [2.24, 2.45) is 5.92 Å². The number of carbonyl (C=O) groups excluding carboxylic acids is 3. The highest BCUT2D eigenvalue weighted by atomic mass is 35.5. The van der Waals surface area contributed by atoms with Crippen LogP contribution < -0.4 is 5.32 Å². The van der Waals surface area contributed by atoms with Gasteiger partial charge in [0.1, 0.15) is 29.9 Å². The molecule has 0 radical (unpaired) electrons. The fourth-order valence-corrected chi connectivity index (χ4v) is 6.02. The number of fused-ring (bicyclic) bond motifs is 2. The van der Waals surface area contributed by atoms with Crippen LogP contribution in [-0.4, -0.2) is 60.9 Å². The molecule has 2 fully saturated rings.